The van der Waals surface area contributed by atoms with Gasteiger partial charge in [0.25, 0.3) is 5.56 Å². The number of thioether (sulfide) groups is 1. The Kier molecular flexibility index (Phi) is 6.92. The minimum absolute atomic E-state index is 0.125. The van der Waals surface area contributed by atoms with E-state index in [1.165, 1.54) is 23.1 Å². The topological polar surface area (TPSA) is 61.2 Å². The molecule has 0 N–H and O–H groups in total. The summed E-state index contributed by atoms with van der Waals surface area (Å²) in [6.07, 6.45) is 2.28. The van der Waals surface area contributed by atoms with Crippen molar-refractivity contribution in [3.8, 4) is 11.1 Å². The predicted molar refractivity (Wildman–Crippen MR) is 121 cm³/mol. The Balaban J connectivity index is 2.02. The zero-order valence-corrected chi connectivity index (χ0v) is 18.4. The maximum atomic E-state index is 13.3. The molecule has 0 aliphatic heterocycles. The van der Waals surface area contributed by atoms with Gasteiger partial charge in [-0.3, -0.25) is 14.2 Å². The van der Waals surface area contributed by atoms with Crippen LogP contribution in [0.1, 0.15) is 27.2 Å². The van der Waals surface area contributed by atoms with E-state index in [9.17, 15) is 9.59 Å². The number of carbonyl (C=O) groups excluding carboxylic acids is 1. The second-order valence-electron chi connectivity index (χ2n) is 6.71. The molecule has 0 aliphatic rings. The first-order valence-corrected chi connectivity index (χ1v) is 11.3. The van der Waals surface area contributed by atoms with Crippen LogP contribution in [0, 0.1) is 0 Å². The van der Waals surface area contributed by atoms with Crippen LogP contribution in [0.15, 0.2) is 58.3 Å². The van der Waals surface area contributed by atoms with Crippen LogP contribution in [-0.2, 0) is 16.1 Å². The van der Waals surface area contributed by atoms with Crippen molar-refractivity contribution in [2.75, 3.05) is 0 Å². The van der Waals surface area contributed by atoms with Crippen LogP contribution in [-0.4, -0.2) is 26.9 Å². The van der Waals surface area contributed by atoms with Crippen molar-refractivity contribution in [3.05, 3.63) is 58.7 Å². The Hall–Kier alpha value is -2.38. The summed E-state index contributed by atoms with van der Waals surface area (Å²) in [6, 6.07) is 9.80. The quantitative estimate of drug-likeness (QED) is 0.215. The fourth-order valence-electron chi connectivity index (χ4n) is 2.80. The van der Waals surface area contributed by atoms with E-state index in [0.717, 1.165) is 17.5 Å². The molecule has 3 aromatic rings. The van der Waals surface area contributed by atoms with Gasteiger partial charge in [0.1, 0.15) is 10.1 Å². The summed E-state index contributed by atoms with van der Waals surface area (Å²) in [5, 5.41) is 2.58. The maximum Gasteiger partial charge on any atom is 0.319 e. The van der Waals surface area contributed by atoms with Gasteiger partial charge < -0.3 is 4.74 Å². The maximum absolute atomic E-state index is 13.3. The second-order valence-corrected chi connectivity index (χ2v) is 8.88. The fourth-order valence-corrected chi connectivity index (χ4v) is 4.69. The minimum atomic E-state index is -0.474. The highest BCUT2D eigenvalue weighted by Crippen LogP contribution is 2.33. The number of benzene rings is 1. The largest absolute Gasteiger partial charge is 0.462 e. The van der Waals surface area contributed by atoms with Gasteiger partial charge in [0.15, 0.2) is 5.16 Å². The summed E-state index contributed by atoms with van der Waals surface area (Å²) in [5.41, 5.74) is 1.73. The van der Waals surface area contributed by atoms with Gasteiger partial charge in [0.05, 0.1) is 11.5 Å². The van der Waals surface area contributed by atoms with Gasteiger partial charge in [0.2, 0.25) is 0 Å². The van der Waals surface area contributed by atoms with Crippen LogP contribution >= 0.6 is 23.1 Å². The van der Waals surface area contributed by atoms with Crippen LogP contribution in [0.25, 0.3) is 21.3 Å². The van der Waals surface area contributed by atoms with Crippen molar-refractivity contribution in [3.63, 3.8) is 0 Å². The Morgan fingerprint density at radius 3 is 2.72 bits per heavy atom. The van der Waals surface area contributed by atoms with Gasteiger partial charge in [-0.25, -0.2) is 4.98 Å². The van der Waals surface area contributed by atoms with Gasteiger partial charge in [-0.1, -0.05) is 55.1 Å². The molecule has 5 nitrogen and oxygen atoms in total. The van der Waals surface area contributed by atoms with E-state index in [4.69, 9.17) is 9.72 Å². The third kappa shape index (κ3) is 4.62. The highest BCUT2D eigenvalue weighted by molar-refractivity contribution is 8.00. The molecule has 0 saturated heterocycles. The number of thiophene rings is 1. The molecule has 0 bridgehead atoms. The molecule has 2 atom stereocenters. The number of carbonyl (C=O) groups is 1. The number of ether oxygens (including phenoxy) is 1. The molecular weight excluding hydrogens is 404 g/mol. The number of rotatable bonds is 8. The van der Waals surface area contributed by atoms with Crippen LogP contribution in [0.4, 0.5) is 0 Å². The molecule has 3 rings (SSSR count). The highest BCUT2D eigenvalue weighted by atomic mass is 32.2. The Morgan fingerprint density at radius 2 is 2.07 bits per heavy atom. The van der Waals surface area contributed by atoms with E-state index in [1.54, 1.807) is 17.6 Å². The number of aromatic nitrogens is 2. The molecule has 29 heavy (non-hydrogen) atoms. The standard InChI is InChI=1S/C22H24N2O3S2/c1-5-12-24-20(25)18-17(16-10-8-7-9-11-16)13-28-19(18)23-22(24)29-15(4)21(26)27-14(3)6-2/h5,7-11,13-15H,1,6,12H2,2-4H3. The van der Waals surface area contributed by atoms with Gasteiger partial charge in [0, 0.05) is 17.5 Å². The molecule has 0 saturated carbocycles. The van der Waals surface area contributed by atoms with Crippen molar-refractivity contribution in [1.29, 1.82) is 0 Å². The fraction of sp³-hybridized carbons (Fsp3) is 0.318. The van der Waals surface area contributed by atoms with Crippen molar-refractivity contribution in [2.24, 2.45) is 0 Å². The molecule has 152 valence electrons. The second kappa shape index (κ2) is 9.41. The van der Waals surface area contributed by atoms with E-state index >= 15 is 0 Å². The molecule has 7 heteroatoms. The highest BCUT2D eigenvalue weighted by Gasteiger charge is 2.23. The first-order chi connectivity index (χ1) is 14.0. The molecule has 1 aromatic carbocycles. The summed E-state index contributed by atoms with van der Waals surface area (Å²) >= 11 is 2.67. The van der Waals surface area contributed by atoms with Crippen molar-refractivity contribution in [2.45, 2.75) is 50.2 Å². The molecule has 0 aliphatic carbocycles. The number of nitrogens with zero attached hydrogens (tertiary/aromatic N) is 2. The number of fused-ring (bicyclic) bond motifs is 1. The molecule has 0 spiro atoms. The molecular formula is C22H24N2O3S2. The summed E-state index contributed by atoms with van der Waals surface area (Å²) in [4.78, 5) is 31.0. The van der Waals surface area contributed by atoms with Gasteiger partial charge in [-0.05, 0) is 25.8 Å². The predicted octanol–water partition coefficient (Wildman–Crippen LogP) is 5.13. The van der Waals surface area contributed by atoms with E-state index in [1.807, 2.05) is 49.6 Å². The lowest BCUT2D eigenvalue weighted by Gasteiger charge is -2.17. The van der Waals surface area contributed by atoms with Gasteiger partial charge in [-0.15, -0.1) is 17.9 Å². The zero-order chi connectivity index (χ0) is 21.0. The molecule has 0 radical (unpaired) electrons. The number of allylic oxidation sites excluding steroid dienone is 1. The molecule has 2 aromatic heterocycles. The van der Waals surface area contributed by atoms with Crippen molar-refractivity contribution >= 4 is 39.3 Å². The first kappa shape index (κ1) is 21.3. The zero-order valence-electron chi connectivity index (χ0n) is 16.8. The normalized spacial score (nSPS) is 13.2. The van der Waals surface area contributed by atoms with Gasteiger partial charge >= 0.3 is 5.97 Å². The number of esters is 1. The Morgan fingerprint density at radius 1 is 1.34 bits per heavy atom. The smallest absolute Gasteiger partial charge is 0.319 e. The van der Waals surface area contributed by atoms with E-state index in [0.29, 0.717) is 21.9 Å². The summed E-state index contributed by atoms with van der Waals surface area (Å²) in [7, 11) is 0. The third-order valence-electron chi connectivity index (χ3n) is 4.56. The molecule has 0 fully saturated rings. The third-order valence-corrected chi connectivity index (χ3v) is 6.50. The van der Waals surface area contributed by atoms with E-state index in [-0.39, 0.29) is 17.6 Å². The van der Waals surface area contributed by atoms with E-state index < -0.39 is 5.25 Å². The average Bonchev–Trinajstić information content (AvgIpc) is 3.15. The summed E-state index contributed by atoms with van der Waals surface area (Å²) < 4.78 is 7.00. The van der Waals surface area contributed by atoms with E-state index in [2.05, 4.69) is 6.58 Å². The monoisotopic (exact) mass is 428 g/mol. The summed E-state index contributed by atoms with van der Waals surface area (Å²) in [5.74, 6) is -0.306. The number of hydrogen-bond donors (Lipinski definition) is 0. The SMILES string of the molecule is C=CCn1c(SC(C)C(=O)OC(C)CC)nc2scc(-c3ccccc3)c2c1=O. The lowest BCUT2D eigenvalue weighted by atomic mass is 10.1. The van der Waals surface area contributed by atoms with Gasteiger partial charge in [-0.2, -0.15) is 0 Å². The number of hydrogen-bond acceptors (Lipinski definition) is 6. The van der Waals surface area contributed by atoms with Crippen LogP contribution in [0.2, 0.25) is 0 Å². The Bertz CT molecular complexity index is 1070. The molecule has 2 unspecified atom stereocenters. The Labute approximate surface area is 178 Å². The summed E-state index contributed by atoms with van der Waals surface area (Å²) in [6.45, 7) is 9.69. The first-order valence-electron chi connectivity index (χ1n) is 9.51. The van der Waals surface area contributed by atoms with Crippen molar-refractivity contribution in [1.82, 2.24) is 9.55 Å². The minimum Gasteiger partial charge on any atom is -0.462 e. The average molecular weight is 429 g/mol. The molecule has 2 heterocycles. The van der Waals surface area contributed by atoms with Crippen molar-refractivity contribution < 1.29 is 9.53 Å². The van der Waals surface area contributed by atoms with Crippen LogP contribution in [0.5, 0.6) is 0 Å². The van der Waals surface area contributed by atoms with Crippen LogP contribution < -0.4 is 5.56 Å². The lowest BCUT2D eigenvalue weighted by Crippen LogP contribution is -2.26. The van der Waals surface area contributed by atoms with Crippen LogP contribution in [0.3, 0.4) is 0 Å². The lowest BCUT2D eigenvalue weighted by molar-refractivity contribution is -0.147. The molecule has 0 amide bonds.